The molecule has 0 radical (unpaired) electrons. The number of aryl methyl sites for hydroxylation is 1. The van der Waals surface area contributed by atoms with E-state index in [9.17, 15) is 4.79 Å². The third-order valence-corrected chi connectivity index (χ3v) is 5.15. The fraction of sp³-hybridized carbons (Fsp3) is 0.478. The second kappa shape index (κ2) is 10.3. The zero-order valence-corrected chi connectivity index (χ0v) is 18.2. The predicted molar refractivity (Wildman–Crippen MR) is 116 cm³/mol. The summed E-state index contributed by atoms with van der Waals surface area (Å²) in [6.45, 7) is 6.28. The van der Waals surface area contributed by atoms with Gasteiger partial charge in [0, 0.05) is 32.3 Å². The molecule has 1 saturated heterocycles. The van der Waals surface area contributed by atoms with Crippen molar-refractivity contribution in [1.29, 1.82) is 0 Å². The van der Waals surface area contributed by atoms with Crippen molar-refractivity contribution < 1.29 is 19.0 Å². The van der Waals surface area contributed by atoms with E-state index in [1.165, 1.54) is 0 Å². The Hall–Kier alpha value is -2.80. The number of carbonyl (C=O) groups excluding carboxylic acids is 1. The number of amides is 1. The zero-order chi connectivity index (χ0) is 21.5. The van der Waals surface area contributed by atoms with E-state index in [0.29, 0.717) is 30.9 Å². The molecule has 2 heterocycles. The molecule has 2 unspecified atom stereocenters. The first kappa shape index (κ1) is 21.9. The minimum Gasteiger partial charge on any atom is -0.493 e. The lowest BCUT2D eigenvalue weighted by atomic mass is 10.1. The summed E-state index contributed by atoms with van der Waals surface area (Å²) in [7, 11) is 3.21. The van der Waals surface area contributed by atoms with E-state index in [0.717, 1.165) is 30.0 Å². The summed E-state index contributed by atoms with van der Waals surface area (Å²) in [5.74, 6) is 2.28. The molecule has 1 fully saturated rings. The normalized spacial score (nSPS) is 18.7. The minimum absolute atomic E-state index is 0.0141. The molecule has 1 aliphatic heterocycles. The molecule has 1 aromatic heterocycles. The van der Waals surface area contributed by atoms with Gasteiger partial charge < -0.3 is 24.4 Å². The number of benzene rings is 1. The summed E-state index contributed by atoms with van der Waals surface area (Å²) in [5, 5.41) is 2.96. The number of carbonyl (C=O) groups is 1. The van der Waals surface area contributed by atoms with Gasteiger partial charge in [-0.1, -0.05) is 18.2 Å². The molecule has 3 rings (SSSR count). The van der Waals surface area contributed by atoms with Gasteiger partial charge in [-0.05, 0) is 43.5 Å². The highest BCUT2D eigenvalue weighted by atomic mass is 16.5. The van der Waals surface area contributed by atoms with E-state index in [-0.39, 0.29) is 18.1 Å². The Morgan fingerprint density at radius 3 is 2.57 bits per heavy atom. The summed E-state index contributed by atoms with van der Waals surface area (Å²) >= 11 is 0. The molecular formula is C23H31N3O4. The number of para-hydroxylation sites is 1. The standard InChI is InChI=1S/C23H31N3O4/c1-16-14-26(15-17(2)30-16)21-10-8-18(12-24-21)13-25-22(27)11-9-19-6-5-7-20(28-3)23(19)29-4/h5-8,10,12,16-17H,9,11,13-15H2,1-4H3,(H,25,27). The molecule has 0 saturated carbocycles. The van der Waals surface area contributed by atoms with E-state index in [1.807, 2.05) is 36.5 Å². The van der Waals surface area contributed by atoms with Crippen LogP contribution in [0, 0.1) is 0 Å². The van der Waals surface area contributed by atoms with Crippen molar-refractivity contribution >= 4 is 11.7 Å². The van der Waals surface area contributed by atoms with Crippen LogP contribution in [0.4, 0.5) is 5.82 Å². The van der Waals surface area contributed by atoms with Crippen LogP contribution in [0.2, 0.25) is 0 Å². The molecule has 2 aromatic rings. The first-order valence-corrected chi connectivity index (χ1v) is 10.3. The Bertz CT molecular complexity index is 831. The smallest absolute Gasteiger partial charge is 0.220 e. The number of pyridine rings is 1. The molecule has 162 valence electrons. The maximum Gasteiger partial charge on any atom is 0.220 e. The number of anilines is 1. The van der Waals surface area contributed by atoms with Gasteiger partial charge in [0.05, 0.1) is 26.4 Å². The second-order valence-corrected chi connectivity index (χ2v) is 7.62. The fourth-order valence-electron chi connectivity index (χ4n) is 3.76. The molecule has 0 bridgehead atoms. The maximum absolute atomic E-state index is 12.3. The second-order valence-electron chi connectivity index (χ2n) is 7.62. The summed E-state index contributed by atoms with van der Waals surface area (Å²) in [6, 6.07) is 9.71. The van der Waals surface area contributed by atoms with E-state index in [2.05, 4.69) is 29.0 Å². The molecule has 1 amide bonds. The SMILES string of the molecule is COc1cccc(CCC(=O)NCc2ccc(N3CC(C)OC(C)C3)nc2)c1OC. The van der Waals surface area contributed by atoms with E-state index >= 15 is 0 Å². The summed E-state index contributed by atoms with van der Waals surface area (Å²) < 4.78 is 16.5. The van der Waals surface area contributed by atoms with Gasteiger partial charge in [0.25, 0.3) is 0 Å². The third-order valence-electron chi connectivity index (χ3n) is 5.15. The van der Waals surface area contributed by atoms with Crippen LogP contribution < -0.4 is 19.7 Å². The number of rotatable bonds is 8. The average Bonchev–Trinajstić information content (AvgIpc) is 2.75. The van der Waals surface area contributed by atoms with Crippen LogP contribution >= 0.6 is 0 Å². The average molecular weight is 414 g/mol. The van der Waals surface area contributed by atoms with Gasteiger partial charge in [-0.15, -0.1) is 0 Å². The quantitative estimate of drug-likeness (QED) is 0.717. The van der Waals surface area contributed by atoms with Crippen molar-refractivity contribution in [2.75, 3.05) is 32.2 Å². The third kappa shape index (κ3) is 5.63. The van der Waals surface area contributed by atoms with Gasteiger partial charge in [0.1, 0.15) is 5.82 Å². The van der Waals surface area contributed by atoms with Crippen LogP contribution in [-0.4, -0.2) is 50.4 Å². The fourth-order valence-corrected chi connectivity index (χ4v) is 3.76. The molecule has 1 aliphatic rings. The van der Waals surface area contributed by atoms with Gasteiger partial charge >= 0.3 is 0 Å². The number of methoxy groups -OCH3 is 2. The highest BCUT2D eigenvalue weighted by Crippen LogP contribution is 2.31. The molecule has 7 heteroatoms. The number of hydrogen-bond acceptors (Lipinski definition) is 6. The van der Waals surface area contributed by atoms with Gasteiger partial charge in [-0.3, -0.25) is 4.79 Å². The van der Waals surface area contributed by atoms with Crippen LogP contribution in [0.1, 0.15) is 31.4 Å². The Balaban J connectivity index is 1.49. The first-order valence-electron chi connectivity index (χ1n) is 10.3. The van der Waals surface area contributed by atoms with E-state index in [4.69, 9.17) is 14.2 Å². The molecule has 2 atom stereocenters. The van der Waals surface area contributed by atoms with E-state index in [1.54, 1.807) is 14.2 Å². The van der Waals surface area contributed by atoms with Crippen molar-refractivity contribution in [1.82, 2.24) is 10.3 Å². The number of hydrogen-bond donors (Lipinski definition) is 1. The predicted octanol–water partition coefficient (Wildman–Crippen LogP) is 2.96. The highest BCUT2D eigenvalue weighted by Gasteiger charge is 2.23. The minimum atomic E-state index is -0.0141. The summed E-state index contributed by atoms with van der Waals surface area (Å²) in [4.78, 5) is 19.1. The number of nitrogens with zero attached hydrogens (tertiary/aromatic N) is 2. The number of morpholine rings is 1. The molecular weight excluding hydrogens is 382 g/mol. The molecule has 7 nitrogen and oxygen atoms in total. The van der Waals surface area contributed by atoms with Crippen molar-refractivity contribution in [3.05, 3.63) is 47.7 Å². The topological polar surface area (TPSA) is 72.9 Å². The van der Waals surface area contributed by atoms with Crippen LogP contribution in [0.5, 0.6) is 11.5 Å². The summed E-state index contributed by atoms with van der Waals surface area (Å²) in [5.41, 5.74) is 1.92. The Labute approximate surface area is 178 Å². The highest BCUT2D eigenvalue weighted by molar-refractivity contribution is 5.76. The molecule has 0 spiro atoms. The maximum atomic E-state index is 12.3. The molecule has 1 aromatic carbocycles. The lowest BCUT2D eigenvalue weighted by molar-refractivity contribution is -0.121. The Morgan fingerprint density at radius 2 is 1.93 bits per heavy atom. The van der Waals surface area contributed by atoms with Crippen molar-refractivity contribution in [2.24, 2.45) is 0 Å². The van der Waals surface area contributed by atoms with E-state index < -0.39 is 0 Å². The Morgan fingerprint density at radius 1 is 1.17 bits per heavy atom. The summed E-state index contributed by atoms with van der Waals surface area (Å²) in [6.07, 6.45) is 3.16. The number of nitrogens with one attached hydrogen (secondary N) is 1. The molecule has 30 heavy (non-hydrogen) atoms. The van der Waals surface area contributed by atoms with Gasteiger partial charge in [-0.2, -0.15) is 0 Å². The van der Waals surface area contributed by atoms with Crippen LogP contribution in [0.15, 0.2) is 36.5 Å². The number of ether oxygens (including phenoxy) is 3. The van der Waals surface area contributed by atoms with Gasteiger partial charge in [0.15, 0.2) is 11.5 Å². The lowest BCUT2D eigenvalue weighted by Gasteiger charge is -2.36. The Kier molecular flexibility index (Phi) is 7.52. The van der Waals surface area contributed by atoms with Gasteiger partial charge in [-0.25, -0.2) is 4.98 Å². The van der Waals surface area contributed by atoms with Crippen LogP contribution in [-0.2, 0) is 22.5 Å². The van der Waals surface area contributed by atoms with Crippen molar-refractivity contribution in [2.45, 2.75) is 45.4 Å². The monoisotopic (exact) mass is 413 g/mol. The van der Waals surface area contributed by atoms with Gasteiger partial charge in [0.2, 0.25) is 5.91 Å². The molecule has 0 aliphatic carbocycles. The van der Waals surface area contributed by atoms with Crippen molar-refractivity contribution in [3.63, 3.8) is 0 Å². The largest absolute Gasteiger partial charge is 0.493 e. The van der Waals surface area contributed by atoms with Crippen LogP contribution in [0.25, 0.3) is 0 Å². The van der Waals surface area contributed by atoms with Crippen molar-refractivity contribution in [3.8, 4) is 11.5 Å². The lowest BCUT2D eigenvalue weighted by Crippen LogP contribution is -2.45. The van der Waals surface area contributed by atoms with Crippen LogP contribution in [0.3, 0.4) is 0 Å². The first-order chi connectivity index (χ1) is 14.5. The zero-order valence-electron chi connectivity index (χ0n) is 18.2. The number of aromatic nitrogens is 1. The molecule has 1 N–H and O–H groups in total.